The first-order valence-corrected chi connectivity index (χ1v) is 6.58. The highest BCUT2D eigenvalue weighted by Crippen LogP contribution is 2.55. The highest BCUT2D eigenvalue weighted by Gasteiger charge is 2.32. The van der Waals surface area contributed by atoms with Crippen molar-refractivity contribution in [2.24, 2.45) is 0 Å². The first kappa shape index (κ1) is 14.6. The monoisotopic (exact) mass is 316 g/mol. The summed E-state index contributed by atoms with van der Waals surface area (Å²) in [5, 5.41) is 48.0. The molecule has 3 rings (SSSR count). The summed E-state index contributed by atoms with van der Waals surface area (Å²) in [6, 6.07) is 5.47. The second-order valence-corrected chi connectivity index (χ2v) is 4.98. The zero-order chi connectivity index (χ0) is 16.7. The molecule has 1 heterocycles. The van der Waals surface area contributed by atoms with Crippen LogP contribution in [0.15, 0.2) is 36.4 Å². The summed E-state index contributed by atoms with van der Waals surface area (Å²) in [5.74, 6) is -3.96. The number of carboxylic acid groups (broad SMARTS) is 1. The van der Waals surface area contributed by atoms with Crippen LogP contribution in [-0.2, 0) is 4.79 Å². The van der Waals surface area contributed by atoms with Crippen LogP contribution in [0.4, 0.5) is 0 Å². The number of benzene rings is 2. The molecule has 0 aliphatic carbocycles. The van der Waals surface area contributed by atoms with Crippen molar-refractivity contribution in [3.05, 3.63) is 47.5 Å². The Hall–Kier alpha value is -3.35. The number of aromatic hydroxyl groups is 4. The molecule has 0 saturated heterocycles. The first-order chi connectivity index (χ1) is 10.9. The molecule has 5 N–H and O–H groups in total. The lowest BCUT2D eigenvalue weighted by Crippen LogP contribution is -2.09. The quantitative estimate of drug-likeness (QED) is 0.425. The maximum absolute atomic E-state index is 10.8. The van der Waals surface area contributed by atoms with Crippen molar-refractivity contribution in [2.45, 2.75) is 5.92 Å². The number of phenolic OH excluding ortho intramolecular Hbond substituents is 4. The van der Waals surface area contributed by atoms with Crippen LogP contribution in [0, 0.1) is 0 Å². The van der Waals surface area contributed by atoms with E-state index in [1.54, 1.807) is 0 Å². The number of hydrogen-bond donors (Lipinski definition) is 5. The molecule has 7 nitrogen and oxygen atoms in total. The number of allylic oxidation sites excluding steroid dienone is 1. The molecule has 0 unspecified atom stereocenters. The SMILES string of the molecule is O=C(O)C=CC1c2ccc(O)c(O)c2Oc2c1ccc(O)c2O. The second-order valence-electron chi connectivity index (χ2n) is 4.98. The van der Waals surface area contributed by atoms with Gasteiger partial charge in [0.15, 0.2) is 23.0 Å². The molecule has 23 heavy (non-hydrogen) atoms. The van der Waals surface area contributed by atoms with E-state index >= 15 is 0 Å². The number of rotatable bonds is 2. The fourth-order valence-electron chi connectivity index (χ4n) is 2.51. The van der Waals surface area contributed by atoms with Crippen molar-refractivity contribution in [2.75, 3.05) is 0 Å². The minimum Gasteiger partial charge on any atom is -0.504 e. The van der Waals surface area contributed by atoms with Gasteiger partial charge >= 0.3 is 5.97 Å². The van der Waals surface area contributed by atoms with E-state index in [1.807, 2.05) is 0 Å². The molecule has 2 aromatic rings. The van der Waals surface area contributed by atoms with Crippen molar-refractivity contribution >= 4 is 5.97 Å². The van der Waals surface area contributed by atoms with E-state index in [4.69, 9.17) is 9.84 Å². The number of carbonyl (C=O) groups is 1. The minimum absolute atomic E-state index is 0.113. The third-order valence-corrected chi connectivity index (χ3v) is 3.59. The van der Waals surface area contributed by atoms with Crippen molar-refractivity contribution in [1.29, 1.82) is 0 Å². The highest BCUT2D eigenvalue weighted by atomic mass is 16.5. The number of hydrogen-bond acceptors (Lipinski definition) is 6. The van der Waals surface area contributed by atoms with Gasteiger partial charge in [-0.15, -0.1) is 0 Å². The summed E-state index contributed by atoms with van der Waals surface area (Å²) < 4.78 is 5.44. The Bertz CT molecular complexity index is 781. The van der Waals surface area contributed by atoms with Gasteiger partial charge < -0.3 is 30.3 Å². The summed E-state index contributed by atoms with van der Waals surface area (Å²) in [5.41, 5.74) is 0.825. The van der Waals surface area contributed by atoms with Gasteiger partial charge in [0, 0.05) is 23.1 Å². The normalized spacial score (nSPS) is 13.4. The number of carboxylic acids is 1. The second kappa shape index (κ2) is 5.13. The molecule has 7 heteroatoms. The van der Waals surface area contributed by atoms with Gasteiger partial charge in [0.05, 0.1) is 0 Å². The molecule has 1 aliphatic rings. The van der Waals surface area contributed by atoms with Crippen LogP contribution in [0.1, 0.15) is 17.0 Å². The Morgan fingerprint density at radius 2 is 1.39 bits per heavy atom. The van der Waals surface area contributed by atoms with Gasteiger partial charge in [0.25, 0.3) is 0 Å². The van der Waals surface area contributed by atoms with E-state index < -0.39 is 34.9 Å². The van der Waals surface area contributed by atoms with Gasteiger partial charge in [-0.05, 0) is 12.1 Å². The lowest BCUT2D eigenvalue weighted by Gasteiger charge is -2.27. The van der Waals surface area contributed by atoms with Crippen LogP contribution in [0.3, 0.4) is 0 Å². The van der Waals surface area contributed by atoms with E-state index in [9.17, 15) is 25.2 Å². The summed E-state index contributed by atoms with van der Waals surface area (Å²) in [6.45, 7) is 0. The van der Waals surface area contributed by atoms with Crippen LogP contribution >= 0.6 is 0 Å². The van der Waals surface area contributed by atoms with Gasteiger partial charge in [-0.3, -0.25) is 0 Å². The Balaban J connectivity index is 2.26. The molecule has 0 atom stereocenters. The van der Waals surface area contributed by atoms with Gasteiger partial charge in [0.2, 0.25) is 11.5 Å². The molecule has 0 aromatic heterocycles. The fourth-order valence-corrected chi connectivity index (χ4v) is 2.51. The number of phenols is 4. The van der Waals surface area contributed by atoms with Crippen molar-refractivity contribution in [1.82, 2.24) is 0 Å². The summed E-state index contributed by atoms with van der Waals surface area (Å²) in [4.78, 5) is 10.8. The number of ether oxygens (including phenoxy) is 1. The largest absolute Gasteiger partial charge is 0.504 e. The van der Waals surface area contributed by atoms with Crippen molar-refractivity contribution in [3.63, 3.8) is 0 Å². The molecular formula is C16H12O7. The predicted molar refractivity (Wildman–Crippen MR) is 78.2 cm³/mol. The molecule has 118 valence electrons. The van der Waals surface area contributed by atoms with E-state index in [1.165, 1.54) is 30.3 Å². The lowest BCUT2D eigenvalue weighted by molar-refractivity contribution is -0.131. The van der Waals surface area contributed by atoms with Crippen LogP contribution in [-0.4, -0.2) is 31.5 Å². The third-order valence-electron chi connectivity index (χ3n) is 3.59. The standard InChI is InChI=1S/C16H12O7/c17-10-4-1-8-7(3-6-12(19)20)9-2-5-11(18)14(22)16(9)23-15(8)13(10)21/h1-7,17-18,21-22H,(H,19,20). The Morgan fingerprint density at radius 1 is 0.913 bits per heavy atom. The van der Waals surface area contributed by atoms with E-state index in [-0.39, 0.29) is 11.5 Å². The van der Waals surface area contributed by atoms with Crippen LogP contribution < -0.4 is 4.74 Å². The fraction of sp³-hybridized carbons (Fsp3) is 0.0625. The molecule has 0 spiro atoms. The van der Waals surface area contributed by atoms with E-state index in [2.05, 4.69) is 0 Å². The Kier molecular flexibility index (Phi) is 3.25. The maximum atomic E-state index is 10.8. The van der Waals surface area contributed by atoms with Gasteiger partial charge in [-0.1, -0.05) is 18.2 Å². The molecule has 2 aromatic carbocycles. The van der Waals surface area contributed by atoms with Gasteiger partial charge in [-0.2, -0.15) is 0 Å². The molecule has 0 saturated carbocycles. The average molecular weight is 316 g/mol. The topological polar surface area (TPSA) is 127 Å². The zero-order valence-electron chi connectivity index (χ0n) is 11.6. The smallest absolute Gasteiger partial charge is 0.328 e. The lowest BCUT2D eigenvalue weighted by atomic mass is 9.87. The summed E-state index contributed by atoms with van der Waals surface area (Å²) in [6.07, 6.45) is 2.28. The predicted octanol–water partition coefficient (Wildman–Crippen LogP) is 2.39. The summed E-state index contributed by atoms with van der Waals surface area (Å²) >= 11 is 0. The Morgan fingerprint density at radius 3 is 1.83 bits per heavy atom. The number of fused-ring (bicyclic) bond motifs is 2. The number of aliphatic carboxylic acids is 1. The molecule has 0 radical (unpaired) electrons. The van der Waals surface area contributed by atoms with Gasteiger partial charge in [-0.25, -0.2) is 4.79 Å². The minimum atomic E-state index is -1.16. The van der Waals surface area contributed by atoms with Crippen molar-refractivity contribution < 1.29 is 35.1 Å². The van der Waals surface area contributed by atoms with Crippen LogP contribution in [0.2, 0.25) is 0 Å². The molecular weight excluding hydrogens is 304 g/mol. The van der Waals surface area contributed by atoms with Crippen LogP contribution in [0.25, 0.3) is 0 Å². The highest BCUT2D eigenvalue weighted by molar-refractivity contribution is 5.80. The molecule has 0 fully saturated rings. The molecule has 0 amide bonds. The molecule has 0 bridgehead atoms. The Labute approximate surface area is 129 Å². The maximum Gasteiger partial charge on any atom is 0.328 e. The van der Waals surface area contributed by atoms with Crippen molar-refractivity contribution in [3.8, 4) is 34.5 Å². The average Bonchev–Trinajstić information content (AvgIpc) is 2.51. The first-order valence-electron chi connectivity index (χ1n) is 6.58. The van der Waals surface area contributed by atoms with Gasteiger partial charge in [0.1, 0.15) is 0 Å². The summed E-state index contributed by atoms with van der Waals surface area (Å²) in [7, 11) is 0. The van der Waals surface area contributed by atoms with E-state index in [0.29, 0.717) is 11.1 Å². The van der Waals surface area contributed by atoms with Crippen LogP contribution in [0.5, 0.6) is 34.5 Å². The zero-order valence-corrected chi connectivity index (χ0v) is 11.6. The van der Waals surface area contributed by atoms with E-state index in [0.717, 1.165) is 6.08 Å². The third kappa shape index (κ3) is 2.28. The molecule has 1 aliphatic heterocycles.